The molecule has 0 saturated carbocycles. The third-order valence-corrected chi connectivity index (χ3v) is 2.93. The van der Waals surface area contributed by atoms with E-state index in [2.05, 4.69) is 21.0 Å². The van der Waals surface area contributed by atoms with Crippen LogP contribution in [0.2, 0.25) is 0 Å². The normalized spacial score (nSPS) is 15.8. The van der Waals surface area contributed by atoms with Crippen LogP contribution in [0.3, 0.4) is 0 Å². The molecule has 1 aliphatic heterocycles. The maximum Gasteiger partial charge on any atom is 0.0378 e. The molecule has 0 N–H and O–H groups in total. The Kier molecular flexibility index (Phi) is 5.53. The number of piperidine rings is 1. The summed E-state index contributed by atoms with van der Waals surface area (Å²) in [7, 11) is 0. The summed E-state index contributed by atoms with van der Waals surface area (Å²) in [5.41, 5.74) is 10.3. The molecule has 0 amide bonds. The summed E-state index contributed by atoms with van der Waals surface area (Å²) < 4.78 is 0. The van der Waals surface area contributed by atoms with Gasteiger partial charge in [0.15, 0.2) is 0 Å². The van der Waals surface area contributed by atoms with E-state index >= 15 is 0 Å². The van der Waals surface area contributed by atoms with Crippen LogP contribution in [-0.4, -0.2) is 18.0 Å². The van der Waals surface area contributed by atoms with Gasteiger partial charge in [-0.2, -0.15) is 0 Å². The highest BCUT2D eigenvalue weighted by atomic mass is 15.1. The Morgan fingerprint density at radius 3 is 2.71 bits per heavy atom. The van der Waals surface area contributed by atoms with Crippen molar-refractivity contribution in [1.29, 1.82) is 0 Å². The van der Waals surface area contributed by atoms with E-state index in [-0.39, 0.29) is 7.43 Å². The predicted octanol–water partition coefficient (Wildman–Crippen LogP) is 4.25. The molecule has 0 aromatic heterocycles. The van der Waals surface area contributed by atoms with Crippen LogP contribution < -0.4 is 0 Å². The number of likely N-dealkylation sites (tertiary alicyclic amines) is 1. The zero-order valence-corrected chi connectivity index (χ0v) is 9.34. The van der Waals surface area contributed by atoms with Gasteiger partial charge in [0.2, 0.25) is 0 Å². The molecule has 0 bridgehead atoms. The minimum atomic E-state index is 0. The van der Waals surface area contributed by atoms with Crippen molar-refractivity contribution in [3.63, 3.8) is 0 Å². The van der Waals surface area contributed by atoms with E-state index in [1.54, 1.807) is 0 Å². The Morgan fingerprint density at radius 1 is 1.24 bits per heavy atom. The summed E-state index contributed by atoms with van der Waals surface area (Å²) in [5, 5.41) is 3.62. The molecule has 1 aliphatic rings. The monoisotopic (exact) mass is 232 g/mol. The topological polar surface area (TPSA) is 52.0 Å². The summed E-state index contributed by atoms with van der Waals surface area (Å²) in [6.45, 7) is 3.34. The van der Waals surface area contributed by atoms with E-state index in [9.17, 15) is 0 Å². The Labute approximate surface area is 103 Å². The summed E-state index contributed by atoms with van der Waals surface area (Å²) in [5.74, 6) is 0. The van der Waals surface area contributed by atoms with E-state index in [4.69, 9.17) is 5.53 Å². The third-order valence-electron chi connectivity index (χ3n) is 2.93. The molecular formula is C13H20N4. The van der Waals surface area contributed by atoms with Crippen molar-refractivity contribution in [2.24, 2.45) is 5.11 Å². The minimum absolute atomic E-state index is 0. The number of azide groups is 1. The predicted molar refractivity (Wildman–Crippen MR) is 71.1 cm³/mol. The van der Waals surface area contributed by atoms with Crippen LogP contribution in [0.1, 0.15) is 32.3 Å². The molecule has 0 aliphatic carbocycles. The lowest BCUT2D eigenvalue weighted by molar-refractivity contribution is 0.221. The average molecular weight is 232 g/mol. The first-order valence-electron chi connectivity index (χ1n) is 5.75. The molecule has 0 unspecified atom stereocenters. The molecule has 2 rings (SSSR count). The van der Waals surface area contributed by atoms with E-state index < -0.39 is 0 Å². The van der Waals surface area contributed by atoms with Gasteiger partial charge in [-0.1, -0.05) is 37.2 Å². The van der Waals surface area contributed by atoms with Crippen molar-refractivity contribution < 1.29 is 0 Å². The fourth-order valence-electron chi connectivity index (χ4n) is 2.14. The van der Waals surface area contributed by atoms with Gasteiger partial charge in [0.1, 0.15) is 0 Å². The van der Waals surface area contributed by atoms with Gasteiger partial charge in [-0.05, 0) is 43.1 Å². The maximum atomic E-state index is 8.38. The van der Waals surface area contributed by atoms with Crippen LogP contribution in [0.15, 0.2) is 29.4 Å². The first-order chi connectivity index (χ1) is 7.88. The smallest absolute Gasteiger partial charge is 0.0378 e. The summed E-state index contributed by atoms with van der Waals surface area (Å²) in [4.78, 5) is 5.26. The van der Waals surface area contributed by atoms with E-state index in [1.165, 1.54) is 37.9 Å². The standard InChI is InChI=1S/C12H16N4.CH4/c13-15-14-12-6-4-5-11(9-12)10-16-7-2-1-3-8-16;/h4-6,9H,1-3,7-8,10H2;1H4. The molecule has 0 atom stereocenters. The van der Waals surface area contributed by atoms with Crippen molar-refractivity contribution in [3.05, 3.63) is 40.3 Å². The van der Waals surface area contributed by atoms with Crippen LogP contribution in [-0.2, 0) is 6.54 Å². The van der Waals surface area contributed by atoms with E-state index in [1.807, 2.05) is 18.2 Å². The van der Waals surface area contributed by atoms with Gasteiger partial charge in [-0.3, -0.25) is 4.90 Å². The van der Waals surface area contributed by atoms with Gasteiger partial charge in [0, 0.05) is 17.1 Å². The second-order valence-corrected chi connectivity index (χ2v) is 4.20. The maximum absolute atomic E-state index is 8.38. The highest BCUT2D eigenvalue weighted by Gasteiger charge is 2.10. The quantitative estimate of drug-likeness (QED) is 0.436. The molecular weight excluding hydrogens is 212 g/mol. The largest absolute Gasteiger partial charge is 0.299 e. The molecule has 1 saturated heterocycles. The van der Waals surface area contributed by atoms with Gasteiger partial charge in [0.05, 0.1) is 0 Å². The molecule has 17 heavy (non-hydrogen) atoms. The van der Waals surface area contributed by atoms with Crippen molar-refractivity contribution in [2.75, 3.05) is 13.1 Å². The Hall–Kier alpha value is -1.51. The first kappa shape index (κ1) is 13.6. The van der Waals surface area contributed by atoms with E-state index in [0.29, 0.717) is 5.69 Å². The molecule has 92 valence electrons. The molecule has 0 spiro atoms. The Balaban J connectivity index is 0.00000144. The summed E-state index contributed by atoms with van der Waals surface area (Å²) >= 11 is 0. The molecule has 1 aromatic carbocycles. The fraction of sp³-hybridized carbons (Fsp3) is 0.538. The van der Waals surface area contributed by atoms with Crippen LogP contribution in [0, 0.1) is 0 Å². The average Bonchev–Trinajstić information content (AvgIpc) is 2.31. The van der Waals surface area contributed by atoms with Crippen LogP contribution in [0.25, 0.3) is 10.4 Å². The lowest BCUT2D eigenvalue weighted by atomic mass is 10.1. The van der Waals surface area contributed by atoms with Crippen LogP contribution in [0.5, 0.6) is 0 Å². The number of rotatable bonds is 3. The summed E-state index contributed by atoms with van der Waals surface area (Å²) in [6, 6.07) is 7.84. The van der Waals surface area contributed by atoms with Gasteiger partial charge in [0.25, 0.3) is 0 Å². The first-order valence-corrected chi connectivity index (χ1v) is 5.75. The number of hydrogen-bond donors (Lipinski definition) is 0. The zero-order valence-electron chi connectivity index (χ0n) is 9.34. The lowest BCUT2D eigenvalue weighted by Gasteiger charge is -2.26. The zero-order chi connectivity index (χ0) is 11.2. The number of nitrogens with zero attached hydrogens (tertiary/aromatic N) is 4. The molecule has 1 heterocycles. The molecule has 0 radical (unpaired) electrons. The lowest BCUT2D eigenvalue weighted by Crippen LogP contribution is -2.28. The van der Waals surface area contributed by atoms with Gasteiger partial charge in [-0.25, -0.2) is 0 Å². The van der Waals surface area contributed by atoms with Crippen molar-refractivity contribution in [2.45, 2.75) is 33.2 Å². The number of benzene rings is 1. The van der Waals surface area contributed by atoms with Crippen molar-refractivity contribution >= 4 is 5.69 Å². The van der Waals surface area contributed by atoms with Crippen molar-refractivity contribution in [1.82, 2.24) is 4.90 Å². The van der Waals surface area contributed by atoms with Gasteiger partial charge in [-0.15, -0.1) is 0 Å². The SMILES string of the molecule is C.[N-]=[N+]=Nc1cccc(CN2CCCCC2)c1. The van der Waals surface area contributed by atoms with E-state index in [0.717, 1.165) is 6.54 Å². The minimum Gasteiger partial charge on any atom is -0.299 e. The molecule has 1 fully saturated rings. The van der Waals surface area contributed by atoms with Crippen LogP contribution >= 0.6 is 0 Å². The van der Waals surface area contributed by atoms with Crippen LogP contribution in [0.4, 0.5) is 5.69 Å². The molecule has 1 aromatic rings. The second kappa shape index (κ2) is 6.94. The van der Waals surface area contributed by atoms with Crippen molar-refractivity contribution in [3.8, 4) is 0 Å². The molecule has 4 nitrogen and oxygen atoms in total. The van der Waals surface area contributed by atoms with Gasteiger partial charge >= 0.3 is 0 Å². The molecule has 4 heteroatoms. The highest BCUT2D eigenvalue weighted by molar-refractivity contribution is 5.39. The number of hydrogen-bond acceptors (Lipinski definition) is 2. The Bertz CT molecular complexity index is 390. The highest BCUT2D eigenvalue weighted by Crippen LogP contribution is 2.17. The Morgan fingerprint density at radius 2 is 2.00 bits per heavy atom. The second-order valence-electron chi connectivity index (χ2n) is 4.20. The fourth-order valence-corrected chi connectivity index (χ4v) is 2.14. The van der Waals surface area contributed by atoms with Gasteiger partial charge < -0.3 is 0 Å². The summed E-state index contributed by atoms with van der Waals surface area (Å²) in [6.07, 6.45) is 3.96. The third kappa shape index (κ3) is 4.10.